The molecule has 1 N–H and O–H groups in total. The molecule has 0 fully saturated rings. The average molecular weight is 283 g/mol. The van der Waals surface area contributed by atoms with Gasteiger partial charge in [0.1, 0.15) is 12.0 Å². The van der Waals surface area contributed by atoms with Crippen molar-refractivity contribution < 1.29 is 0 Å². The van der Waals surface area contributed by atoms with Crippen molar-refractivity contribution in [2.45, 2.75) is 19.6 Å². The Morgan fingerprint density at radius 2 is 2.24 bits per heavy atom. The normalized spacial score (nSPS) is 14.6. The molecule has 0 aliphatic carbocycles. The maximum Gasteiger partial charge on any atom is 0.152 e. The summed E-state index contributed by atoms with van der Waals surface area (Å²) in [6.45, 7) is 3.35. The van der Waals surface area contributed by atoms with Gasteiger partial charge in [0.25, 0.3) is 0 Å². The van der Waals surface area contributed by atoms with Crippen molar-refractivity contribution in [1.82, 2.24) is 29.5 Å². The van der Waals surface area contributed by atoms with Crippen molar-refractivity contribution in [1.29, 1.82) is 0 Å². The number of nitrogens with zero attached hydrogens (tertiary/aromatic N) is 6. The number of pyridine rings is 1. The lowest BCUT2D eigenvalue weighted by Gasteiger charge is -2.28. The van der Waals surface area contributed by atoms with E-state index >= 15 is 0 Å². The topological polar surface area (TPSA) is 63.3 Å². The van der Waals surface area contributed by atoms with Crippen LogP contribution in [0.2, 0.25) is 0 Å². The molecule has 4 rings (SSSR count). The minimum atomic E-state index is 0.751. The van der Waals surface area contributed by atoms with E-state index in [-0.39, 0.29) is 0 Å². The summed E-state index contributed by atoms with van der Waals surface area (Å²) in [5, 5.41) is 11.4. The summed E-state index contributed by atoms with van der Waals surface area (Å²) in [5.41, 5.74) is 2.16. The van der Waals surface area contributed by atoms with E-state index in [2.05, 4.69) is 35.6 Å². The Kier molecular flexibility index (Phi) is 2.85. The van der Waals surface area contributed by atoms with Crippen LogP contribution < -0.4 is 10.2 Å². The van der Waals surface area contributed by atoms with Crippen LogP contribution in [0.5, 0.6) is 0 Å². The largest absolute Gasteiger partial charge is 0.346 e. The summed E-state index contributed by atoms with van der Waals surface area (Å²) in [7, 11) is 1.96. The highest BCUT2D eigenvalue weighted by Gasteiger charge is 2.23. The van der Waals surface area contributed by atoms with Crippen LogP contribution in [0.15, 0.2) is 30.7 Å². The predicted molar refractivity (Wildman–Crippen MR) is 79.0 cm³/mol. The molecule has 7 heteroatoms. The highest BCUT2D eigenvalue weighted by Crippen LogP contribution is 2.24. The third-order valence-electron chi connectivity index (χ3n) is 3.89. The lowest BCUT2D eigenvalue weighted by molar-refractivity contribution is 0.554. The van der Waals surface area contributed by atoms with Crippen molar-refractivity contribution in [3.63, 3.8) is 0 Å². The number of hydrogen-bond donors (Lipinski definition) is 1. The van der Waals surface area contributed by atoms with Crippen molar-refractivity contribution in [3.8, 4) is 0 Å². The van der Waals surface area contributed by atoms with Gasteiger partial charge in [0.05, 0.1) is 12.2 Å². The second-order valence-electron chi connectivity index (χ2n) is 5.20. The number of aromatic nitrogens is 5. The summed E-state index contributed by atoms with van der Waals surface area (Å²) in [6.07, 6.45) is 3.86. The second kappa shape index (κ2) is 4.85. The highest BCUT2D eigenvalue weighted by molar-refractivity contribution is 5.56. The Balaban J connectivity index is 1.78. The molecule has 0 atom stereocenters. The van der Waals surface area contributed by atoms with E-state index in [4.69, 9.17) is 4.98 Å². The third kappa shape index (κ3) is 1.97. The molecule has 0 radical (unpaired) electrons. The van der Waals surface area contributed by atoms with Crippen LogP contribution in [0.25, 0.3) is 5.65 Å². The Hall–Kier alpha value is -2.41. The molecule has 0 amide bonds. The van der Waals surface area contributed by atoms with Crippen LogP contribution in [0.4, 0.5) is 5.82 Å². The number of imidazole rings is 1. The molecular formula is C14H17N7. The minimum Gasteiger partial charge on any atom is -0.346 e. The summed E-state index contributed by atoms with van der Waals surface area (Å²) < 4.78 is 4.25. The van der Waals surface area contributed by atoms with Gasteiger partial charge >= 0.3 is 0 Å². The molecule has 3 aromatic rings. The van der Waals surface area contributed by atoms with Gasteiger partial charge in [0, 0.05) is 25.8 Å². The van der Waals surface area contributed by atoms with Gasteiger partial charge in [-0.15, -0.1) is 10.2 Å². The SMILES string of the molecule is CNCc1c(N2CCn3cnnc3C2)nc2ccccn12. The van der Waals surface area contributed by atoms with E-state index in [1.165, 1.54) is 5.69 Å². The molecule has 7 nitrogen and oxygen atoms in total. The third-order valence-corrected chi connectivity index (χ3v) is 3.89. The van der Waals surface area contributed by atoms with Gasteiger partial charge in [-0.2, -0.15) is 0 Å². The van der Waals surface area contributed by atoms with Gasteiger partial charge in [0.2, 0.25) is 0 Å². The number of anilines is 1. The molecule has 0 aromatic carbocycles. The molecule has 0 unspecified atom stereocenters. The molecule has 0 saturated carbocycles. The first kappa shape index (κ1) is 12.3. The summed E-state index contributed by atoms with van der Waals surface area (Å²) in [6, 6.07) is 6.08. The lowest BCUT2D eigenvalue weighted by Crippen LogP contribution is -2.34. The molecule has 1 aliphatic heterocycles. The van der Waals surface area contributed by atoms with Crippen LogP contribution >= 0.6 is 0 Å². The molecule has 4 heterocycles. The molecule has 0 spiro atoms. The molecule has 21 heavy (non-hydrogen) atoms. The maximum absolute atomic E-state index is 4.80. The van der Waals surface area contributed by atoms with E-state index in [0.29, 0.717) is 0 Å². The van der Waals surface area contributed by atoms with E-state index < -0.39 is 0 Å². The number of rotatable bonds is 3. The molecule has 0 bridgehead atoms. The average Bonchev–Trinajstić information content (AvgIpc) is 3.11. The predicted octanol–water partition coefficient (Wildman–Crippen LogP) is 0.665. The Bertz CT molecular complexity index is 773. The molecular weight excluding hydrogens is 266 g/mol. The van der Waals surface area contributed by atoms with Crippen LogP contribution in [0.1, 0.15) is 11.5 Å². The molecule has 3 aromatic heterocycles. The smallest absolute Gasteiger partial charge is 0.152 e. The Morgan fingerprint density at radius 3 is 3.14 bits per heavy atom. The number of hydrogen-bond acceptors (Lipinski definition) is 5. The first-order valence-electron chi connectivity index (χ1n) is 7.09. The van der Waals surface area contributed by atoms with E-state index in [9.17, 15) is 0 Å². The minimum absolute atomic E-state index is 0.751. The Labute approximate surface area is 122 Å². The van der Waals surface area contributed by atoms with Gasteiger partial charge in [0.15, 0.2) is 11.6 Å². The van der Waals surface area contributed by atoms with Gasteiger partial charge in [-0.25, -0.2) is 4.98 Å². The highest BCUT2D eigenvalue weighted by atomic mass is 15.3. The lowest BCUT2D eigenvalue weighted by atomic mass is 10.3. The summed E-state index contributed by atoms with van der Waals surface area (Å²) in [4.78, 5) is 7.09. The molecule has 0 saturated heterocycles. The van der Waals surface area contributed by atoms with E-state index in [1.807, 2.05) is 25.2 Å². The van der Waals surface area contributed by atoms with Crippen molar-refractivity contribution in [3.05, 3.63) is 42.2 Å². The Morgan fingerprint density at radius 1 is 1.29 bits per heavy atom. The van der Waals surface area contributed by atoms with Gasteiger partial charge < -0.3 is 19.2 Å². The van der Waals surface area contributed by atoms with Crippen molar-refractivity contribution in [2.24, 2.45) is 0 Å². The first-order valence-corrected chi connectivity index (χ1v) is 7.09. The van der Waals surface area contributed by atoms with Gasteiger partial charge in [-0.1, -0.05) is 6.07 Å². The molecule has 1 aliphatic rings. The van der Waals surface area contributed by atoms with Crippen LogP contribution in [0, 0.1) is 0 Å². The summed E-state index contributed by atoms with van der Waals surface area (Å²) in [5.74, 6) is 2.03. The fourth-order valence-corrected chi connectivity index (χ4v) is 2.87. The fraction of sp³-hybridized carbons (Fsp3) is 0.357. The van der Waals surface area contributed by atoms with Gasteiger partial charge in [-0.05, 0) is 19.2 Å². The van der Waals surface area contributed by atoms with Crippen LogP contribution in [-0.2, 0) is 19.6 Å². The molecule has 108 valence electrons. The van der Waals surface area contributed by atoms with E-state index in [0.717, 1.165) is 43.5 Å². The van der Waals surface area contributed by atoms with E-state index in [1.54, 1.807) is 6.33 Å². The van der Waals surface area contributed by atoms with Crippen LogP contribution in [-0.4, -0.2) is 37.7 Å². The van der Waals surface area contributed by atoms with Gasteiger partial charge in [-0.3, -0.25) is 0 Å². The summed E-state index contributed by atoms with van der Waals surface area (Å²) >= 11 is 0. The van der Waals surface area contributed by atoms with Crippen molar-refractivity contribution >= 4 is 11.5 Å². The quantitative estimate of drug-likeness (QED) is 0.765. The second-order valence-corrected chi connectivity index (χ2v) is 5.20. The number of fused-ring (bicyclic) bond motifs is 2. The zero-order valence-corrected chi connectivity index (χ0v) is 11.9. The maximum atomic E-state index is 4.80. The monoisotopic (exact) mass is 283 g/mol. The standard InChI is InChI=1S/C14H17N7/c1-15-8-11-14(17-12-4-2-3-5-21(11)12)19-6-7-20-10-16-18-13(20)9-19/h2-5,10,15H,6-9H2,1H3. The first-order chi connectivity index (χ1) is 10.4. The zero-order chi connectivity index (χ0) is 14.2. The number of nitrogens with one attached hydrogen (secondary N) is 1. The zero-order valence-electron chi connectivity index (χ0n) is 11.9. The van der Waals surface area contributed by atoms with Crippen LogP contribution in [0.3, 0.4) is 0 Å². The van der Waals surface area contributed by atoms with Crippen molar-refractivity contribution in [2.75, 3.05) is 18.5 Å². The fourth-order valence-electron chi connectivity index (χ4n) is 2.87.